The Labute approximate surface area is 123 Å². The Hall–Kier alpha value is -1.59. The van der Waals surface area contributed by atoms with Gasteiger partial charge < -0.3 is 16.0 Å². The smallest absolute Gasteiger partial charge is 0.253 e. The van der Waals surface area contributed by atoms with Crippen LogP contribution in [0.15, 0.2) is 18.2 Å². The number of benzene rings is 1. The molecule has 0 bridgehead atoms. The van der Waals surface area contributed by atoms with E-state index in [1.807, 2.05) is 6.92 Å². The number of amides is 2. The molecule has 2 amide bonds. The van der Waals surface area contributed by atoms with Crippen LogP contribution in [0.1, 0.15) is 17.3 Å². The maximum atomic E-state index is 12.2. The zero-order chi connectivity index (χ0) is 14.7. The molecule has 5 nitrogen and oxygen atoms in total. The van der Waals surface area contributed by atoms with E-state index in [1.54, 1.807) is 18.2 Å². The largest absolute Gasteiger partial charge is 0.355 e. The number of hydrogen-bond acceptors (Lipinski definition) is 3. The number of rotatable bonds is 4. The third-order valence-corrected chi connectivity index (χ3v) is 3.88. The Balaban J connectivity index is 2.15. The minimum Gasteiger partial charge on any atom is -0.355 e. The number of carbonyl (C=O) groups excluding carboxylic acids is 2. The molecule has 1 fully saturated rings. The van der Waals surface area contributed by atoms with Crippen LogP contribution < -0.4 is 16.0 Å². The molecule has 1 saturated heterocycles. The van der Waals surface area contributed by atoms with Gasteiger partial charge in [-0.25, -0.2) is 0 Å². The van der Waals surface area contributed by atoms with E-state index in [0.29, 0.717) is 22.2 Å². The fourth-order valence-electron chi connectivity index (χ4n) is 2.07. The molecule has 0 radical (unpaired) electrons. The lowest BCUT2D eigenvalue weighted by Crippen LogP contribution is -2.48. The van der Waals surface area contributed by atoms with Crippen LogP contribution in [-0.4, -0.2) is 32.0 Å². The molecular formula is C14H18ClN3O2. The Morgan fingerprint density at radius 1 is 1.40 bits per heavy atom. The lowest BCUT2D eigenvalue weighted by molar-refractivity contribution is -0.121. The van der Waals surface area contributed by atoms with Crippen molar-refractivity contribution in [3.05, 3.63) is 28.8 Å². The summed E-state index contributed by atoms with van der Waals surface area (Å²) in [6.45, 7) is 3.62. The quantitative estimate of drug-likeness (QED) is 0.788. The van der Waals surface area contributed by atoms with E-state index >= 15 is 0 Å². The molecule has 1 atom stereocenters. The third-order valence-electron chi connectivity index (χ3n) is 3.64. The highest BCUT2D eigenvalue weighted by atomic mass is 35.5. The van der Waals surface area contributed by atoms with Gasteiger partial charge in [0.1, 0.15) is 0 Å². The average Bonchev–Trinajstić information content (AvgIpc) is 2.37. The van der Waals surface area contributed by atoms with Crippen LogP contribution in [0.3, 0.4) is 0 Å². The number of nitrogens with one attached hydrogen (secondary N) is 3. The van der Waals surface area contributed by atoms with E-state index in [9.17, 15) is 9.59 Å². The molecule has 0 saturated carbocycles. The van der Waals surface area contributed by atoms with Crippen LogP contribution >= 0.6 is 11.6 Å². The summed E-state index contributed by atoms with van der Waals surface area (Å²) in [6.07, 6.45) is 0. The fourth-order valence-corrected chi connectivity index (χ4v) is 2.25. The van der Waals surface area contributed by atoms with Gasteiger partial charge in [0.05, 0.1) is 11.3 Å². The van der Waals surface area contributed by atoms with Gasteiger partial charge in [-0.3, -0.25) is 9.59 Å². The van der Waals surface area contributed by atoms with Crippen molar-refractivity contribution < 1.29 is 9.59 Å². The topological polar surface area (TPSA) is 70.2 Å². The van der Waals surface area contributed by atoms with E-state index in [-0.39, 0.29) is 17.7 Å². The first kappa shape index (κ1) is 14.8. The van der Waals surface area contributed by atoms with Gasteiger partial charge in [0, 0.05) is 18.0 Å². The van der Waals surface area contributed by atoms with E-state index in [0.717, 1.165) is 13.1 Å². The maximum absolute atomic E-state index is 12.2. The van der Waals surface area contributed by atoms with Gasteiger partial charge in [0.25, 0.3) is 5.91 Å². The monoisotopic (exact) mass is 295 g/mol. The molecule has 0 spiro atoms. The molecule has 3 N–H and O–H groups in total. The van der Waals surface area contributed by atoms with Gasteiger partial charge in [-0.2, -0.15) is 0 Å². The summed E-state index contributed by atoms with van der Waals surface area (Å²) in [5.74, 6) is -0.0973. The summed E-state index contributed by atoms with van der Waals surface area (Å²) < 4.78 is 0. The van der Waals surface area contributed by atoms with Crippen LogP contribution in [0.25, 0.3) is 0 Å². The van der Waals surface area contributed by atoms with E-state index in [4.69, 9.17) is 11.6 Å². The summed E-state index contributed by atoms with van der Waals surface area (Å²) in [5, 5.41) is 8.96. The highest BCUT2D eigenvalue weighted by Gasteiger charge is 2.29. The second-order valence-electron chi connectivity index (χ2n) is 4.97. The molecule has 1 aromatic rings. The predicted octanol–water partition coefficient (Wildman–Crippen LogP) is 1.49. The van der Waals surface area contributed by atoms with Crippen molar-refractivity contribution in [1.82, 2.24) is 10.6 Å². The van der Waals surface area contributed by atoms with Gasteiger partial charge in [-0.1, -0.05) is 18.5 Å². The first-order valence-corrected chi connectivity index (χ1v) is 6.94. The molecule has 108 valence electrons. The molecule has 0 aliphatic carbocycles. The molecule has 1 heterocycles. The van der Waals surface area contributed by atoms with Crippen LogP contribution in [0, 0.1) is 11.8 Å². The van der Waals surface area contributed by atoms with Crippen LogP contribution in [0.5, 0.6) is 0 Å². The van der Waals surface area contributed by atoms with Crippen LogP contribution in [0.4, 0.5) is 5.69 Å². The van der Waals surface area contributed by atoms with Crippen molar-refractivity contribution in [2.45, 2.75) is 6.92 Å². The van der Waals surface area contributed by atoms with Gasteiger partial charge in [-0.05, 0) is 37.2 Å². The number of carbonyl (C=O) groups is 2. The Morgan fingerprint density at radius 2 is 2.10 bits per heavy atom. The minimum absolute atomic E-state index is 0.0797. The summed E-state index contributed by atoms with van der Waals surface area (Å²) in [7, 11) is 1.54. The SMILES string of the molecule is CNC(=O)c1cc(Cl)ccc1NC(=O)C(C)C1CNC1. The number of halogens is 1. The first-order valence-electron chi connectivity index (χ1n) is 6.56. The second-order valence-corrected chi connectivity index (χ2v) is 5.40. The maximum Gasteiger partial charge on any atom is 0.253 e. The Kier molecular flexibility index (Phi) is 4.62. The molecule has 1 aromatic carbocycles. The summed E-state index contributed by atoms with van der Waals surface area (Å²) in [6, 6.07) is 4.85. The third kappa shape index (κ3) is 3.11. The van der Waals surface area contributed by atoms with Crippen LogP contribution in [0.2, 0.25) is 5.02 Å². The Bertz CT molecular complexity index is 529. The fraction of sp³-hybridized carbons (Fsp3) is 0.429. The first-order chi connectivity index (χ1) is 9.52. The van der Waals surface area contributed by atoms with Crippen LogP contribution in [-0.2, 0) is 4.79 Å². The molecule has 0 aromatic heterocycles. The van der Waals surface area contributed by atoms with E-state index < -0.39 is 0 Å². The lowest BCUT2D eigenvalue weighted by atomic mass is 9.88. The average molecular weight is 296 g/mol. The zero-order valence-electron chi connectivity index (χ0n) is 11.5. The van der Waals surface area contributed by atoms with Crippen molar-refractivity contribution in [1.29, 1.82) is 0 Å². The second kappa shape index (κ2) is 6.24. The standard InChI is InChI=1S/C14H18ClN3O2/c1-8(9-6-17-7-9)13(19)18-12-4-3-10(15)5-11(12)14(20)16-2/h3-5,8-9,17H,6-7H2,1-2H3,(H,16,20)(H,18,19). The zero-order valence-corrected chi connectivity index (χ0v) is 12.3. The molecular weight excluding hydrogens is 278 g/mol. The van der Waals surface area contributed by atoms with E-state index in [1.165, 1.54) is 7.05 Å². The number of hydrogen-bond donors (Lipinski definition) is 3. The van der Waals surface area contributed by atoms with Gasteiger partial charge in [0.15, 0.2) is 0 Å². The van der Waals surface area contributed by atoms with Crippen molar-refractivity contribution in [2.75, 3.05) is 25.5 Å². The summed E-state index contributed by atoms with van der Waals surface area (Å²) in [4.78, 5) is 24.0. The number of anilines is 1. The summed E-state index contributed by atoms with van der Waals surface area (Å²) in [5.41, 5.74) is 0.852. The molecule has 20 heavy (non-hydrogen) atoms. The van der Waals surface area contributed by atoms with Gasteiger partial charge in [0.2, 0.25) is 5.91 Å². The normalized spacial score (nSPS) is 16.1. The minimum atomic E-state index is -0.277. The van der Waals surface area contributed by atoms with Crippen molar-refractivity contribution >= 4 is 29.1 Å². The highest BCUT2D eigenvalue weighted by molar-refractivity contribution is 6.31. The van der Waals surface area contributed by atoms with E-state index in [2.05, 4.69) is 16.0 Å². The van der Waals surface area contributed by atoms with Gasteiger partial charge >= 0.3 is 0 Å². The molecule has 6 heteroatoms. The predicted molar refractivity (Wildman–Crippen MR) is 79.0 cm³/mol. The van der Waals surface area contributed by atoms with Crippen molar-refractivity contribution in [3.63, 3.8) is 0 Å². The molecule has 1 aliphatic heterocycles. The highest BCUT2D eigenvalue weighted by Crippen LogP contribution is 2.23. The Morgan fingerprint density at radius 3 is 2.65 bits per heavy atom. The van der Waals surface area contributed by atoms with Crippen molar-refractivity contribution in [2.24, 2.45) is 11.8 Å². The van der Waals surface area contributed by atoms with Gasteiger partial charge in [-0.15, -0.1) is 0 Å². The summed E-state index contributed by atoms with van der Waals surface area (Å²) >= 11 is 5.90. The molecule has 1 unspecified atom stereocenters. The lowest BCUT2D eigenvalue weighted by Gasteiger charge is -2.31. The van der Waals surface area contributed by atoms with Crippen molar-refractivity contribution in [3.8, 4) is 0 Å². The molecule has 2 rings (SSSR count). The molecule has 1 aliphatic rings.